The molecule has 0 bridgehead atoms. The summed E-state index contributed by atoms with van der Waals surface area (Å²) in [4.78, 5) is 10.8. The molecule has 2 rings (SSSR count). The highest BCUT2D eigenvalue weighted by atomic mass is 35.5. The Balaban J connectivity index is 0.00000162. The van der Waals surface area contributed by atoms with Gasteiger partial charge in [0.15, 0.2) is 0 Å². The third-order valence-corrected chi connectivity index (χ3v) is 3.63. The molecule has 0 spiro atoms. The highest BCUT2D eigenvalue weighted by Crippen LogP contribution is 2.26. The smallest absolute Gasteiger partial charge is 0.320 e. The van der Waals surface area contributed by atoms with E-state index >= 15 is 0 Å². The molecule has 0 amide bonds. The molecule has 1 aliphatic heterocycles. The molecule has 1 aromatic rings. The SMILES string of the molecule is Cl.O=C(O)C1CC(Cc2ccc(Cl)cc2Cl)CN1. The highest BCUT2D eigenvalue weighted by Gasteiger charge is 2.29. The second kappa shape index (κ2) is 6.62. The third kappa shape index (κ3) is 3.75. The summed E-state index contributed by atoms with van der Waals surface area (Å²) in [6, 6.07) is 5.00. The van der Waals surface area contributed by atoms with Gasteiger partial charge in [0.2, 0.25) is 0 Å². The van der Waals surface area contributed by atoms with Crippen LogP contribution in [0.4, 0.5) is 0 Å². The lowest BCUT2D eigenvalue weighted by molar-refractivity contribution is -0.139. The van der Waals surface area contributed by atoms with Crippen molar-refractivity contribution in [2.45, 2.75) is 18.9 Å². The van der Waals surface area contributed by atoms with E-state index in [2.05, 4.69) is 5.32 Å². The fourth-order valence-corrected chi connectivity index (χ4v) is 2.64. The summed E-state index contributed by atoms with van der Waals surface area (Å²) < 4.78 is 0. The number of hydrogen-bond acceptors (Lipinski definition) is 2. The van der Waals surface area contributed by atoms with Gasteiger partial charge in [-0.2, -0.15) is 0 Å². The molecule has 0 aliphatic carbocycles. The summed E-state index contributed by atoms with van der Waals surface area (Å²) in [5.41, 5.74) is 1.02. The third-order valence-electron chi connectivity index (χ3n) is 3.04. The zero-order valence-electron chi connectivity index (χ0n) is 9.53. The van der Waals surface area contributed by atoms with E-state index in [1.165, 1.54) is 0 Å². The van der Waals surface area contributed by atoms with Crippen molar-refractivity contribution in [3.63, 3.8) is 0 Å². The van der Waals surface area contributed by atoms with Crippen molar-refractivity contribution in [1.29, 1.82) is 0 Å². The van der Waals surface area contributed by atoms with Gasteiger partial charge in [-0.05, 0) is 43.0 Å². The van der Waals surface area contributed by atoms with Gasteiger partial charge in [-0.3, -0.25) is 4.79 Å². The van der Waals surface area contributed by atoms with Crippen LogP contribution >= 0.6 is 35.6 Å². The summed E-state index contributed by atoms with van der Waals surface area (Å²) in [6.45, 7) is 0.718. The molecule has 0 saturated carbocycles. The molecule has 0 aromatic heterocycles. The Morgan fingerprint density at radius 1 is 1.44 bits per heavy atom. The Morgan fingerprint density at radius 3 is 2.72 bits per heavy atom. The first-order chi connectivity index (χ1) is 8.06. The van der Waals surface area contributed by atoms with E-state index in [9.17, 15) is 4.79 Å². The van der Waals surface area contributed by atoms with Gasteiger partial charge in [0, 0.05) is 10.0 Å². The van der Waals surface area contributed by atoms with Crippen LogP contribution in [0.15, 0.2) is 18.2 Å². The number of nitrogens with one attached hydrogen (secondary N) is 1. The molecule has 3 nitrogen and oxygen atoms in total. The van der Waals surface area contributed by atoms with Gasteiger partial charge in [-0.15, -0.1) is 12.4 Å². The molecule has 1 fully saturated rings. The lowest BCUT2D eigenvalue weighted by atomic mass is 9.97. The normalized spacial score (nSPS) is 22.6. The van der Waals surface area contributed by atoms with Crippen LogP contribution < -0.4 is 5.32 Å². The Labute approximate surface area is 122 Å². The Bertz CT molecular complexity index is 439. The standard InChI is InChI=1S/C12H13Cl2NO2.ClH/c13-9-2-1-8(10(14)5-9)3-7-4-11(12(16)17)15-6-7;/h1-2,5,7,11,15H,3-4,6H2,(H,16,17);1H. The Kier molecular flexibility index (Phi) is 5.73. The maximum absolute atomic E-state index is 10.8. The van der Waals surface area contributed by atoms with E-state index in [0.717, 1.165) is 18.5 Å². The van der Waals surface area contributed by atoms with Gasteiger partial charge in [-0.1, -0.05) is 29.3 Å². The summed E-state index contributed by atoms with van der Waals surface area (Å²) in [5, 5.41) is 13.1. The highest BCUT2D eigenvalue weighted by molar-refractivity contribution is 6.35. The molecule has 2 unspecified atom stereocenters. The first-order valence-electron chi connectivity index (χ1n) is 5.46. The van der Waals surface area contributed by atoms with E-state index in [1.807, 2.05) is 6.07 Å². The number of benzene rings is 1. The predicted molar refractivity (Wildman–Crippen MR) is 74.9 cm³/mol. The summed E-state index contributed by atoms with van der Waals surface area (Å²) >= 11 is 11.9. The van der Waals surface area contributed by atoms with Crippen molar-refractivity contribution in [3.05, 3.63) is 33.8 Å². The monoisotopic (exact) mass is 309 g/mol. The number of aliphatic carboxylic acids is 1. The van der Waals surface area contributed by atoms with E-state index < -0.39 is 12.0 Å². The first kappa shape index (κ1) is 15.6. The number of carboxylic acid groups (broad SMARTS) is 1. The molecule has 6 heteroatoms. The van der Waals surface area contributed by atoms with Crippen LogP contribution in [0.1, 0.15) is 12.0 Å². The second-order valence-electron chi connectivity index (χ2n) is 4.34. The Morgan fingerprint density at radius 2 is 2.17 bits per heavy atom. The van der Waals surface area contributed by atoms with Crippen LogP contribution in [0.25, 0.3) is 0 Å². The van der Waals surface area contributed by atoms with Crippen molar-refractivity contribution in [2.24, 2.45) is 5.92 Å². The van der Waals surface area contributed by atoms with Crippen molar-refractivity contribution in [3.8, 4) is 0 Å². The molecule has 18 heavy (non-hydrogen) atoms. The molecular weight excluding hydrogens is 296 g/mol. The molecule has 1 saturated heterocycles. The minimum atomic E-state index is -0.783. The van der Waals surface area contributed by atoms with Gasteiger partial charge < -0.3 is 10.4 Å². The molecular formula is C12H14Cl3NO2. The number of halogens is 3. The average molecular weight is 311 g/mol. The quantitative estimate of drug-likeness (QED) is 0.902. The van der Waals surface area contributed by atoms with Gasteiger partial charge in [-0.25, -0.2) is 0 Å². The minimum absolute atomic E-state index is 0. The lowest BCUT2D eigenvalue weighted by Gasteiger charge is -2.10. The summed E-state index contributed by atoms with van der Waals surface area (Å²) in [7, 11) is 0. The van der Waals surface area contributed by atoms with Crippen LogP contribution in [0, 0.1) is 5.92 Å². The van der Waals surface area contributed by atoms with Crippen LogP contribution in [-0.2, 0) is 11.2 Å². The minimum Gasteiger partial charge on any atom is -0.480 e. The predicted octanol–water partition coefficient (Wildman–Crippen LogP) is 3.02. The van der Waals surface area contributed by atoms with Crippen LogP contribution in [0.2, 0.25) is 10.0 Å². The van der Waals surface area contributed by atoms with E-state index in [-0.39, 0.29) is 12.4 Å². The van der Waals surface area contributed by atoms with E-state index in [0.29, 0.717) is 22.4 Å². The zero-order chi connectivity index (χ0) is 12.4. The number of carboxylic acids is 1. The molecule has 1 aromatic carbocycles. The first-order valence-corrected chi connectivity index (χ1v) is 6.22. The van der Waals surface area contributed by atoms with Crippen molar-refractivity contribution < 1.29 is 9.90 Å². The van der Waals surface area contributed by atoms with Crippen molar-refractivity contribution in [1.82, 2.24) is 5.32 Å². The molecule has 2 N–H and O–H groups in total. The zero-order valence-corrected chi connectivity index (χ0v) is 11.9. The fourth-order valence-electron chi connectivity index (χ4n) is 2.15. The molecule has 100 valence electrons. The topological polar surface area (TPSA) is 49.3 Å². The molecule has 2 atom stereocenters. The van der Waals surface area contributed by atoms with Crippen LogP contribution in [-0.4, -0.2) is 23.7 Å². The summed E-state index contributed by atoms with van der Waals surface area (Å²) in [6.07, 6.45) is 1.43. The van der Waals surface area contributed by atoms with Gasteiger partial charge in [0.25, 0.3) is 0 Å². The van der Waals surface area contributed by atoms with Crippen molar-refractivity contribution >= 4 is 41.6 Å². The molecule has 1 heterocycles. The Hall–Kier alpha value is -0.480. The largest absolute Gasteiger partial charge is 0.480 e. The van der Waals surface area contributed by atoms with Crippen molar-refractivity contribution in [2.75, 3.05) is 6.54 Å². The van der Waals surface area contributed by atoms with E-state index in [1.54, 1.807) is 12.1 Å². The van der Waals surface area contributed by atoms with Crippen LogP contribution in [0.5, 0.6) is 0 Å². The van der Waals surface area contributed by atoms with Crippen LogP contribution in [0.3, 0.4) is 0 Å². The van der Waals surface area contributed by atoms with Gasteiger partial charge in [0.1, 0.15) is 6.04 Å². The number of rotatable bonds is 3. The van der Waals surface area contributed by atoms with Gasteiger partial charge in [0.05, 0.1) is 0 Å². The number of hydrogen-bond donors (Lipinski definition) is 2. The molecule has 1 aliphatic rings. The van der Waals surface area contributed by atoms with Gasteiger partial charge >= 0.3 is 5.97 Å². The fraction of sp³-hybridized carbons (Fsp3) is 0.417. The van der Waals surface area contributed by atoms with E-state index in [4.69, 9.17) is 28.3 Å². The number of carbonyl (C=O) groups is 1. The molecule has 0 radical (unpaired) electrons. The maximum Gasteiger partial charge on any atom is 0.320 e. The average Bonchev–Trinajstić information content (AvgIpc) is 2.71. The lowest BCUT2D eigenvalue weighted by Crippen LogP contribution is -2.29. The second-order valence-corrected chi connectivity index (χ2v) is 5.18. The maximum atomic E-state index is 10.8. The summed E-state index contributed by atoms with van der Waals surface area (Å²) in [5.74, 6) is -0.468.